The summed E-state index contributed by atoms with van der Waals surface area (Å²) in [5.74, 6) is 0.781. The Morgan fingerprint density at radius 1 is 1.40 bits per heavy atom. The van der Waals surface area contributed by atoms with Gasteiger partial charge in [-0.05, 0) is 30.9 Å². The number of nitrogens with one attached hydrogen (secondary N) is 1. The van der Waals surface area contributed by atoms with E-state index in [-0.39, 0.29) is 5.82 Å². The van der Waals surface area contributed by atoms with Crippen molar-refractivity contribution < 1.29 is 9.13 Å². The molecule has 2 nitrogen and oxygen atoms in total. The lowest BCUT2D eigenvalue weighted by Gasteiger charge is -2.34. The number of halogens is 1. The highest BCUT2D eigenvalue weighted by atomic mass is 19.1. The third-order valence-corrected chi connectivity index (χ3v) is 2.90. The topological polar surface area (TPSA) is 21.3 Å². The van der Waals surface area contributed by atoms with Gasteiger partial charge in [0.1, 0.15) is 0 Å². The second-order valence-corrected chi connectivity index (χ2v) is 4.27. The largest absolute Gasteiger partial charge is 0.494 e. The number of rotatable bonds is 3. The summed E-state index contributed by atoms with van der Waals surface area (Å²) in [6, 6.07) is 5.50. The van der Waals surface area contributed by atoms with Crippen molar-refractivity contribution in [2.45, 2.75) is 25.8 Å². The molecular weight excluding hydrogens is 193 g/mol. The number of ether oxygens (including phenoxy) is 1. The Labute approximate surface area is 89.4 Å². The molecule has 1 aliphatic carbocycles. The van der Waals surface area contributed by atoms with Gasteiger partial charge in [0, 0.05) is 17.8 Å². The van der Waals surface area contributed by atoms with Gasteiger partial charge < -0.3 is 10.1 Å². The molecule has 1 aliphatic rings. The van der Waals surface area contributed by atoms with Gasteiger partial charge in [-0.15, -0.1) is 0 Å². The molecule has 0 radical (unpaired) electrons. The maximum Gasteiger partial charge on any atom is 0.167 e. The zero-order valence-electron chi connectivity index (χ0n) is 9.09. The number of anilines is 1. The number of hydrogen-bond acceptors (Lipinski definition) is 2. The fourth-order valence-electron chi connectivity index (χ4n) is 2.01. The zero-order valence-corrected chi connectivity index (χ0v) is 9.09. The normalized spacial score (nSPS) is 24.5. The lowest BCUT2D eigenvalue weighted by atomic mass is 9.82. The van der Waals surface area contributed by atoms with Gasteiger partial charge in [-0.25, -0.2) is 4.39 Å². The highest BCUT2D eigenvalue weighted by molar-refractivity contribution is 5.48. The van der Waals surface area contributed by atoms with Crippen LogP contribution < -0.4 is 10.1 Å². The molecule has 82 valence electrons. The molecule has 0 spiro atoms. The molecule has 3 heteroatoms. The van der Waals surface area contributed by atoms with Gasteiger partial charge >= 0.3 is 0 Å². The van der Waals surface area contributed by atoms with Crippen molar-refractivity contribution in [1.29, 1.82) is 0 Å². The van der Waals surface area contributed by atoms with Gasteiger partial charge in [0.25, 0.3) is 0 Å². The molecule has 15 heavy (non-hydrogen) atoms. The van der Waals surface area contributed by atoms with Gasteiger partial charge in [-0.2, -0.15) is 0 Å². The Morgan fingerprint density at radius 3 is 2.67 bits per heavy atom. The summed E-state index contributed by atoms with van der Waals surface area (Å²) in [5.41, 5.74) is 0.838. The number of hydrogen-bond donors (Lipinski definition) is 1. The second kappa shape index (κ2) is 4.09. The van der Waals surface area contributed by atoms with Gasteiger partial charge in [0.2, 0.25) is 0 Å². The first-order valence-electron chi connectivity index (χ1n) is 5.29. The predicted octanol–water partition coefficient (Wildman–Crippen LogP) is 3.04. The molecule has 1 aromatic rings. The molecule has 0 aromatic heterocycles. The van der Waals surface area contributed by atoms with Crippen LogP contribution in [0.3, 0.4) is 0 Å². The Morgan fingerprint density at radius 2 is 2.13 bits per heavy atom. The highest BCUT2D eigenvalue weighted by Gasteiger charge is 2.24. The van der Waals surface area contributed by atoms with Crippen LogP contribution in [-0.4, -0.2) is 13.2 Å². The fourth-order valence-corrected chi connectivity index (χ4v) is 2.01. The van der Waals surface area contributed by atoms with E-state index in [4.69, 9.17) is 4.74 Å². The smallest absolute Gasteiger partial charge is 0.167 e. The molecule has 0 heterocycles. The molecule has 0 saturated heterocycles. The first kappa shape index (κ1) is 10.3. The monoisotopic (exact) mass is 209 g/mol. The summed E-state index contributed by atoms with van der Waals surface area (Å²) >= 11 is 0. The van der Waals surface area contributed by atoms with Crippen LogP contribution in [0.15, 0.2) is 18.2 Å². The van der Waals surface area contributed by atoms with Crippen molar-refractivity contribution in [3.05, 3.63) is 24.0 Å². The van der Waals surface area contributed by atoms with E-state index in [0.717, 1.165) is 11.6 Å². The molecule has 0 unspecified atom stereocenters. The first-order valence-corrected chi connectivity index (χ1v) is 5.29. The van der Waals surface area contributed by atoms with Crippen LogP contribution in [0.25, 0.3) is 0 Å². The Balaban J connectivity index is 2.00. The van der Waals surface area contributed by atoms with Crippen molar-refractivity contribution in [1.82, 2.24) is 0 Å². The van der Waals surface area contributed by atoms with Crippen molar-refractivity contribution in [2.75, 3.05) is 12.4 Å². The lowest BCUT2D eigenvalue weighted by molar-refractivity contribution is 0.309. The third kappa shape index (κ3) is 2.22. The van der Waals surface area contributed by atoms with E-state index in [2.05, 4.69) is 12.2 Å². The summed E-state index contributed by atoms with van der Waals surface area (Å²) in [5, 5.41) is 3.31. The minimum Gasteiger partial charge on any atom is -0.494 e. The van der Waals surface area contributed by atoms with E-state index < -0.39 is 0 Å². The van der Waals surface area contributed by atoms with Crippen molar-refractivity contribution in [3.63, 3.8) is 0 Å². The highest BCUT2D eigenvalue weighted by Crippen LogP contribution is 2.30. The van der Waals surface area contributed by atoms with Gasteiger partial charge in [0.05, 0.1) is 7.11 Å². The average molecular weight is 209 g/mol. The SMILES string of the molecule is COc1ccc(NC2CC(C)C2)cc1F. The minimum absolute atomic E-state index is 0.294. The molecule has 0 atom stereocenters. The van der Waals surface area contributed by atoms with Gasteiger partial charge in [-0.3, -0.25) is 0 Å². The van der Waals surface area contributed by atoms with E-state index >= 15 is 0 Å². The van der Waals surface area contributed by atoms with Crippen LogP contribution in [0.1, 0.15) is 19.8 Å². The van der Waals surface area contributed by atoms with Gasteiger partial charge in [0.15, 0.2) is 11.6 Å². The fraction of sp³-hybridized carbons (Fsp3) is 0.500. The summed E-state index contributed by atoms with van der Waals surface area (Å²) in [6.45, 7) is 2.23. The Hall–Kier alpha value is -1.25. The van der Waals surface area contributed by atoms with E-state index in [1.165, 1.54) is 26.0 Å². The second-order valence-electron chi connectivity index (χ2n) is 4.27. The quantitative estimate of drug-likeness (QED) is 0.826. The lowest BCUT2D eigenvalue weighted by Crippen LogP contribution is -2.33. The van der Waals surface area contributed by atoms with E-state index in [1.807, 2.05) is 6.07 Å². The number of benzene rings is 1. The molecule has 1 saturated carbocycles. The Kier molecular flexibility index (Phi) is 2.80. The predicted molar refractivity (Wildman–Crippen MR) is 58.8 cm³/mol. The van der Waals surface area contributed by atoms with Crippen molar-refractivity contribution >= 4 is 5.69 Å². The molecule has 2 rings (SSSR count). The van der Waals surface area contributed by atoms with Crippen molar-refractivity contribution in [3.8, 4) is 5.75 Å². The van der Waals surface area contributed by atoms with Crippen LogP contribution in [0.4, 0.5) is 10.1 Å². The molecule has 1 N–H and O–H groups in total. The third-order valence-electron chi connectivity index (χ3n) is 2.90. The maximum absolute atomic E-state index is 13.3. The average Bonchev–Trinajstić information content (AvgIpc) is 2.16. The van der Waals surface area contributed by atoms with E-state index in [0.29, 0.717) is 11.8 Å². The minimum atomic E-state index is -0.310. The van der Waals surface area contributed by atoms with E-state index in [9.17, 15) is 4.39 Å². The first-order chi connectivity index (χ1) is 7.19. The van der Waals surface area contributed by atoms with Crippen LogP contribution >= 0.6 is 0 Å². The molecule has 0 bridgehead atoms. The standard InChI is InChI=1S/C12H16FNO/c1-8-5-10(6-8)14-9-3-4-12(15-2)11(13)7-9/h3-4,7-8,10,14H,5-6H2,1-2H3. The summed E-state index contributed by atoms with van der Waals surface area (Å²) < 4.78 is 18.2. The van der Waals surface area contributed by atoms with Crippen LogP contribution in [-0.2, 0) is 0 Å². The summed E-state index contributed by atoms with van der Waals surface area (Å²) in [6.07, 6.45) is 2.35. The summed E-state index contributed by atoms with van der Waals surface area (Å²) in [4.78, 5) is 0. The van der Waals surface area contributed by atoms with Crippen LogP contribution in [0.2, 0.25) is 0 Å². The number of methoxy groups -OCH3 is 1. The molecule has 0 amide bonds. The van der Waals surface area contributed by atoms with Gasteiger partial charge in [-0.1, -0.05) is 6.92 Å². The summed E-state index contributed by atoms with van der Waals surface area (Å²) in [7, 11) is 1.47. The van der Waals surface area contributed by atoms with Crippen LogP contribution in [0, 0.1) is 11.7 Å². The van der Waals surface area contributed by atoms with Crippen LogP contribution in [0.5, 0.6) is 5.75 Å². The zero-order chi connectivity index (χ0) is 10.8. The van der Waals surface area contributed by atoms with E-state index in [1.54, 1.807) is 6.07 Å². The Bertz CT molecular complexity index is 347. The maximum atomic E-state index is 13.3. The molecule has 0 aliphatic heterocycles. The molecule has 1 aromatic carbocycles. The van der Waals surface area contributed by atoms with Crippen molar-refractivity contribution in [2.24, 2.45) is 5.92 Å². The molecule has 1 fully saturated rings. The molecular formula is C12H16FNO.